The van der Waals surface area contributed by atoms with Crippen molar-refractivity contribution in [2.24, 2.45) is 5.92 Å². The molecule has 2 aromatic carbocycles. The zero-order chi connectivity index (χ0) is 18.6. The summed E-state index contributed by atoms with van der Waals surface area (Å²) in [4.78, 5) is 34.3. The monoisotopic (exact) mass is 341 g/mol. The maximum atomic E-state index is 12.3. The summed E-state index contributed by atoms with van der Waals surface area (Å²) in [5, 5.41) is 16.3. The zero-order valence-corrected chi connectivity index (χ0v) is 14.2. The summed E-state index contributed by atoms with van der Waals surface area (Å²) in [6.07, 6.45) is 0. The molecular weight excluding hydrogens is 322 g/mol. The Balaban J connectivity index is 2.12. The highest BCUT2D eigenvalue weighted by molar-refractivity contribution is 6.05. The van der Waals surface area contributed by atoms with E-state index in [1.165, 1.54) is 12.1 Å². The summed E-state index contributed by atoms with van der Waals surface area (Å²) in [5.74, 6) is -0.630. The van der Waals surface area contributed by atoms with Crippen molar-refractivity contribution in [3.63, 3.8) is 0 Å². The zero-order valence-electron chi connectivity index (χ0n) is 14.2. The summed E-state index contributed by atoms with van der Waals surface area (Å²) < 4.78 is 0. The third kappa shape index (κ3) is 4.63. The third-order valence-corrected chi connectivity index (χ3v) is 3.62. The summed E-state index contributed by atoms with van der Waals surface area (Å²) in [7, 11) is 0. The van der Waals surface area contributed by atoms with Crippen molar-refractivity contribution >= 4 is 28.9 Å². The van der Waals surface area contributed by atoms with Crippen LogP contribution in [0.2, 0.25) is 0 Å². The van der Waals surface area contributed by atoms with Gasteiger partial charge in [-0.25, -0.2) is 0 Å². The number of nitro benzene ring substituents is 1. The van der Waals surface area contributed by atoms with Gasteiger partial charge in [-0.15, -0.1) is 0 Å². The standard InChI is InChI=1S/C18H19N3O4/c1-11(2)17(22)19-14-7-5-13(6-8-14)18(23)20-16-10-15(21(24)25)9-4-12(16)3/h4-11H,1-3H3,(H,19,22)(H,20,23). The van der Waals surface area contributed by atoms with E-state index >= 15 is 0 Å². The number of amides is 2. The second-order valence-corrected chi connectivity index (χ2v) is 5.93. The number of carbonyl (C=O) groups excluding carboxylic acids is 2. The molecule has 7 heteroatoms. The Morgan fingerprint density at radius 1 is 1.04 bits per heavy atom. The Kier molecular flexibility index (Phi) is 5.49. The number of rotatable bonds is 5. The fourth-order valence-electron chi connectivity index (χ4n) is 2.04. The second-order valence-electron chi connectivity index (χ2n) is 5.93. The average Bonchev–Trinajstić information content (AvgIpc) is 2.57. The van der Waals surface area contributed by atoms with E-state index in [2.05, 4.69) is 10.6 Å². The minimum Gasteiger partial charge on any atom is -0.326 e. The van der Waals surface area contributed by atoms with E-state index in [1.54, 1.807) is 51.1 Å². The fraction of sp³-hybridized carbons (Fsp3) is 0.222. The van der Waals surface area contributed by atoms with Crippen molar-refractivity contribution < 1.29 is 14.5 Å². The molecule has 0 atom stereocenters. The van der Waals surface area contributed by atoms with E-state index in [9.17, 15) is 19.7 Å². The van der Waals surface area contributed by atoms with Gasteiger partial charge < -0.3 is 10.6 Å². The van der Waals surface area contributed by atoms with E-state index in [1.807, 2.05) is 0 Å². The van der Waals surface area contributed by atoms with Crippen LogP contribution in [0, 0.1) is 23.0 Å². The first kappa shape index (κ1) is 18.1. The van der Waals surface area contributed by atoms with Gasteiger partial charge in [0.15, 0.2) is 0 Å². The van der Waals surface area contributed by atoms with Crippen LogP contribution in [0.5, 0.6) is 0 Å². The highest BCUT2D eigenvalue weighted by Crippen LogP contribution is 2.22. The van der Waals surface area contributed by atoms with Crippen molar-refractivity contribution in [1.82, 2.24) is 0 Å². The highest BCUT2D eigenvalue weighted by atomic mass is 16.6. The van der Waals surface area contributed by atoms with Gasteiger partial charge in [0.25, 0.3) is 11.6 Å². The first-order valence-corrected chi connectivity index (χ1v) is 7.75. The Morgan fingerprint density at radius 3 is 2.24 bits per heavy atom. The maximum absolute atomic E-state index is 12.3. The van der Waals surface area contributed by atoms with Gasteiger partial charge in [-0.1, -0.05) is 19.9 Å². The molecule has 0 saturated heterocycles. The molecule has 0 aliphatic heterocycles. The van der Waals surface area contributed by atoms with Crippen molar-refractivity contribution in [3.05, 3.63) is 63.7 Å². The Hall–Kier alpha value is -3.22. The van der Waals surface area contributed by atoms with Crippen LogP contribution >= 0.6 is 0 Å². The Labute approximate surface area is 145 Å². The van der Waals surface area contributed by atoms with Gasteiger partial charge in [-0.3, -0.25) is 19.7 Å². The van der Waals surface area contributed by atoms with Crippen LogP contribution in [0.3, 0.4) is 0 Å². The molecule has 0 saturated carbocycles. The lowest BCUT2D eigenvalue weighted by atomic mass is 10.1. The van der Waals surface area contributed by atoms with Crippen molar-refractivity contribution in [3.8, 4) is 0 Å². The quantitative estimate of drug-likeness (QED) is 0.638. The Morgan fingerprint density at radius 2 is 1.68 bits per heavy atom. The highest BCUT2D eigenvalue weighted by Gasteiger charge is 2.13. The summed E-state index contributed by atoms with van der Waals surface area (Å²) in [6.45, 7) is 5.33. The topological polar surface area (TPSA) is 101 Å². The van der Waals surface area contributed by atoms with E-state index in [-0.39, 0.29) is 23.4 Å². The molecule has 0 aliphatic carbocycles. The number of hydrogen-bond donors (Lipinski definition) is 2. The van der Waals surface area contributed by atoms with E-state index in [4.69, 9.17) is 0 Å². The van der Waals surface area contributed by atoms with Crippen molar-refractivity contribution in [2.75, 3.05) is 10.6 Å². The van der Waals surface area contributed by atoms with Gasteiger partial charge in [0.05, 0.1) is 10.6 Å². The number of benzene rings is 2. The smallest absolute Gasteiger partial charge is 0.271 e. The number of nitro groups is 1. The van der Waals surface area contributed by atoms with Gasteiger partial charge in [-0.05, 0) is 36.8 Å². The number of hydrogen-bond acceptors (Lipinski definition) is 4. The molecule has 0 fully saturated rings. The molecule has 0 heterocycles. The van der Waals surface area contributed by atoms with Crippen LogP contribution in [0.15, 0.2) is 42.5 Å². The average molecular weight is 341 g/mol. The molecule has 130 valence electrons. The van der Waals surface area contributed by atoms with Crippen molar-refractivity contribution in [1.29, 1.82) is 0 Å². The van der Waals surface area contributed by atoms with Crippen LogP contribution in [-0.2, 0) is 4.79 Å². The predicted molar refractivity (Wildman–Crippen MR) is 95.7 cm³/mol. The molecular formula is C18H19N3O4. The maximum Gasteiger partial charge on any atom is 0.271 e. The SMILES string of the molecule is Cc1ccc([N+](=O)[O-])cc1NC(=O)c1ccc(NC(=O)C(C)C)cc1. The second kappa shape index (κ2) is 7.57. The molecule has 0 spiro atoms. The van der Waals surface area contributed by atoms with Gasteiger partial charge in [-0.2, -0.15) is 0 Å². The van der Waals surface area contributed by atoms with Crippen LogP contribution in [0.1, 0.15) is 29.8 Å². The molecule has 2 aromatic rings. The predicted octanol–water partition coefficient (Wildman–Crippen LogP) is 3.75. The van der Waals surface area contributed by atoms with Crippen LogP contribution in [0.4, 0.5) is 17.1 Å². The van der Waals surface area contributed by atoms with Gasteiger partial charge in [0, 0.05) is 29.3 Å². The fourth-order valence-corrected chi connectivity index (χ4v) is 2.04. The Bertz CT molecular complexity index is 814. The number of carbonyl (C=O) groups is 2. The first-order valence-electron chi connectivity index (χ1n) is 7.75. The summed E-state index contributed by atoms with van der Waals surface area (Å²) >= 11 is 0. The lowest BCUT2D eigenvalue weighted by molar-refractivity contribution is -0.384. The molecule has 0 unspecified atom stereocenters. The number of nitrogens with zero attached hydrogens (tertiary/aromatic N) is 1. The largest absolute Gasteiger partial charge is 0.326 e. The third-order valence-electron chi connectivity index (χ3n) is 3.62. The molecule has 25 heavy (non-hydrogen) atoms. The van der Waals surface area contributed by atoms with Crippen LogP contribution in [0.25, 0.3) is 0 Å². The molecule has 2 N–H and O–H groups in total. The molecule has 0 aromatic heterocycles. The molecule has 0 aliphatic rings. The van der Waals surface area contributed by atoms with Gasteiger partial charge >= 0.3 is 0 Å². The van der Waals surface area contributed by atoms with Crippen molar-refractivity contribution in [2.45, 2.75) is 20.8 Å². The summed E-state index contributed by atoms with van der Waals surface area (Å²) in [5.41, 5.74) is 2.00. The van der Waals surface area contributed by atoms with Crippen LogP contribution < -0.4 is 10.6 Å². The summed E-state index contributed by atoms with van der Waals surface area (Å²) in [6, 6.07) is 10.7. The number of nitrogens with one attached hydrogen (secondary N) is 2. The van der Waals surface area contributed by atoms with Gasteiger partial charge in [0.1, 0.15) is 0 Å². The van der Waals surface area contributed by atoms with Crippen LogP contribution in [-0.4, -0.2) is 16.7 Å². The molecule has 0 radical (unpaired) electrons. The van der Waals surface area contributed by atoms with E-state index < -0.39 is 4.92 Å². The first-order chi connectivity index (χ1) is 11.8. The number of non-ortho nitro benzene ring substituents is 1. The molecule has 7 nitrogen and oxygen atoms in total. The normalized spacial score (nSPS) is 10.4. The molecule has 2 rings (SSSR count). The minimum atomic E-state index is -0.513. The van der Waals surface area contributed by atoms with E-state index in [0.717, 1.165) is 5.56 Å². The lowest BCUT2D eigenvalue weighted by Gasteiger charge is -2.10. The van der Waals surface area contributed by atoms with E-state index in [0.29, 0.717) is 16.9 Å². The molecule has 0 bridgehead atoms. The lowest BCUT2D eigenvalue weighted by Crippen LogP contribution is -2.18. The minimum absolute atomic E-state index is 0.0901. The van der Waals surface area contributed by atoms with Gasteiger partial charge in [0.2, 0.25) is 5.91 Å². The molecule has 2 amide bonds. The number of anilines is 2. The number of aryl methyl sites for hydroxylation is 1.